The van der Waals surface area contributed by atoms with Gasteiger partial charge in [0.2, 0.25) is 5.91 Å². The fourth-order valence-corrected chi connectivity index (χ4v) is 4.70. The summed E-state index contributed by atoms with van der Waals surface area (Å²) < 4.78 is 32.9. The van der Waals surface area contributed by atoms with Crippen LogP contribution in [0.3, 0.4) is 0 Å². The van der Waals surface area contributed by atoms with Crippen LogP contribution in [0.5, 0.6) is 0 Å². The Morgan fingerprint density at radius 2 is 1.82 bits per heavy atom. The van der Waals surface area contributed by atoms with E-state index < -0.39 is 6.43 Å². The number of pyridine rings is 1. The zero-order valence-electron chi connectivity index (χ0n) is 21.8. The quantitative estimate of drug-likeness (QED) is 0.331. The molecule has 11 heteroatoms. The second-order valence-corrected chi connectivity index (χ2v) is 9.48. The number of fused-ring (bicyclic) bond motifs is 1. The highest BCUT2D eigenvalue weighted by Gasteiger charge is 2.23. The monoisotopic (exact) mass is 518 g/mol. The summed E-state index contributed by atoms with van der Waals surface area (Å²) in [5, 5.41) is 16.3. The van der Waals surface area contributed by atoms with Crippen LogP contribution in [0.4, 0.5) is 14.5 Å². The van der Waals surface area contributed by atoms with Gasteiger partial charge in [-0.3, -0.25) is 14.2 Å². The Morgan fingerprint density at radius 1 is 1.05 bits per heavy atom. The lowest BCUT2D eigenvalue weighted by atomic mass is 10.1. The molecule has 0 saturated carbocycles. The minimum absolute atomic E-state index is 0.179. The first kappa shape index (κ1) is 25.2. The molecule has 0 atom stereocenters. The van der Waals surface area contributed by atoms with Gasteiger partial charge in [-0.2, -0.15) is 15.3 Å². The highest BCUT2D eigenvalue weighted by molar-refractivity contribution is 5.93. The Labute approximate surface area is 218 Å². The summed E-state index contributed by atoms with van der Waals surface area (Å²) in [6.07, 6.45) is 0.526. The second-order valence-electron chi connectivity index (χ2n) is 9.48. The minimum Gasteiger partial charge on any atom is -0.321 e. The van der Waals surface area contributed by atoms with E-state index in [1.807, 2.05) is 43.7 Å². The molecule has 0 aliphatic rings. The molecule has 4 aromatic heterocycles. The molecule has 0 aliphatic heterocycles. The Bertz CT molecular complexity index is 1660. The van der Waals surface area contributed by atoms with Gasteiger partial charge in [-0.05, 0) is 39.3 Å². The first-order chi connectivity index (χ1) is 18.1. The number of nitrogens with one attached hydrogen (secondary N) is 1. The molecule has 0 spiro atoms. The van der Waals surface area contributed by atoms with Gasteiger partial charge in [0.1, 0.15) is 6.54 Å². The molecule has 1 aromatic carbocycles. The van der Waals surface area contributed by atoms with Crippen molar-refractivity contribution in [1.82, 2.24) is 34.3 Å². The van der Waals surface area contributed by atoms with E-state index in [1.165, 1.54) is 10.7 Å². The summed E-state index contributed by atoms with van der Waals surface area (Å²) in [6, 6.07) is 9.53. The van der Waals surface area contributed by atoms with Gasteiger partial charge >= 0.3 is 0 Å². The number of carbonyl (C=O) groups is 1. The number of carbonyl (C=O) groups excluding carboxylic acids is 1. The molecule has 9 nitrogen and oxygen atoms in total. The van der Waals surface area contributed by atoms with Crippen LogP contribution in [0, 0.1) is 27.7 Å². The Hall–Kier alpha value is -4.41. The number of hydrogen-bond donors (Lipinski definition) is 1. The largest absolute Gasteiger partial charge is 0.321 e. The Kier molecular flexibility index (Phi) is 6.52. The molecule has 4 heterocycles. The SMILES string of the molecule is Cc1cccc(Cn2nc(C)c(NC(=O)Cn3nc(C)c4c(C(F)F)cc(-c5cnn(C)c5)nc43)c2C)c1. The molecular formula is C27H28F2N8O. The highest BCUT2D eigenvalue weighted by atomic mass is 19.3. The van der Waals surface area contributed by atoms with Crippen molar-refractivity contribution in [3.63, 3.8) is 0 Å². The van der Waals surface area contributed by atoms with Crippen molar-refractivity contribution in [1.29, 1.82) is 0 Å². The van der Waals surface area contributed by atoms with Crippen LogP contribution >= 0.6 is 0 Å². The lowest BCUT2D eigenvalue weighted by Crippen LogP contribution is -2.20. The van der Waals surface area contributed by atoms with E-state index in [0.717, 1.165) is 16.8 Å². The lowest BCUT2D eigenvalue weighted by molar-refractivity contribution is -0.116. The predicted octanol–water partition coefficient (Wildman–Crippen LogP) is 4.89. The predicted molar refractivity (Wildman–Crippen MR) is 140 cm³/mol. The van der Waals surface area contributed by atoms with Gasteiger partial charge in [-0.15, -0.1) is 0 Å². The third-order valence-corrected chi connectivity index (χ3v) is 6.50. The van der Waals surface area contributed by atoms with Crippen molar-refractivity contribution < 1.29 is 13.6 Å². The summed E-state index contributed by atoms with van der Waals surface area (Å²) in [6.45, 7) is 7.78. The number of amides is 1. The molecular weight excluding hydrogens is 490 g/mol. The highest BCUT2D eigenvalue weighted by Crippen LogP contribution is 2.33. The average molecular weight is 519 g/mol. The zero-order chi connectivity index (χ0) is 27.1. The molecule has 5 aromatic rings. The van der Waals surface area contributed by atoms with Crippen molar-refractivity contribution in [2.45, 2.75) is 47.2 Å². The molecule has 0 saturated heterocycles. The first-order valence-electron chi connectivity index (χ1n) is 12.2. The van der Waals surface area contributed by atoms with E-state index in [-0.39, 0.29) is 29.0 Å². The average Bonchev–Trinajstić information content (AvgIpc) is 3.51. The van der Waals surface area contributed by atoms with E-state index >= 15 is 0 Å². The fourth-order valence-electron chi connectivity index (χ4n) is 4.70. The van der Waals surface area contributed by atoms with Crippen LogP contribution in [0.15, 0.2) is 42.7 Å². The van der Waals surface area contributed by atoms with Gasteiger partial charge in [-0.25, -0.2) is 18.4 Å². The summed E-state index contributed by atoms with van der Waals surface area (Å²) in [5.74, 6) is -0.358. The van der Waals surface area contributed by atoms with Gasteiger partial charge in [0.15, 0.2) is 5.65 Å². The summed E-state index contributed by atoms with van der Waals surface area (Å²) >= 11 is 0. The number of anilines is 1. The van der Waals surface area contributed by atoms with E-state index in [2.05, 4.69) is 31.7 Å². The molecule has 196 valence electrons. The van der Waals surface area contributed by atoms with E-state index in [9.17, 15) is 13.6 Å². The van der Waals surface area contributed by atoms with Gasteiger partial charge in [-0.1, -0.05) is 29.8 Å². The maximum atomic E-state index is 14.0. The third-order valence-electron chi connectivity index (χ3n) is 6.50. The molecule has 0 aliphatic carbocycles. The normalized spacial score (nSPS) is 11.6. The van der Waals surface area contributed by atoms with Crippen molar-refractivity contribution in [3.8, 4) is 11.3 Å². The summed E-state index contributed by atoms with van der Waals surface area (Å²) in [4.78, 5) is 17.7. The van der Waals surface area contributed by atoms with Crippen LogP contribution in [0.25, 0.3) is 22.3 Å². The smallest absolute Gasteiger partial charge is 0.264 e. The number of benzene rings is 1. The number of nitrogens with zero attached hydrogens (tertiary/aromatic N) is 7. The van der Waals surface area contributed by atoms with E-state index in [4.69, 9.17) is 0 Å². The van der Waals surface area contributed by atoms with Crippen molar-refractivity contribution in [2.24, 2.45) is 7.05 Å². The van der Waals surface area contributed by atoms with Gasteiger partial charge in [0.25, 0.3) is 6.43 Å². The molecule has 5 rings (SSSR count). The number of hydrogen-bond acceptors (Lipinski definition) is 5. The van der Waals surface area contributed by atoms with Crippen molar-refractivity contribution in [3.05, 3.63) is 76.5 Å². The first-order valence-corrected chi connectivity index (χ1v) is 12.2. The third kappa shape index (κ3) is 4.79. The number of alkyl halides is 2. The molecule has 0 unspecified atom stereocenters. The standard InChI is InChI=1S/C27H28F2N8O/c1-15-7-6-8-19(9-15)12-36-18(4)25(17(3)34-36)32-23(38)14-37-27-24(16(2)33-37)21(26(28)29)10-22(31-27)20-11-30-35(5)13-20/h6-11,13,26H,12,14H2,1-5H3,(H,32,38). The molecule has 0 fully saturated rings. The number of halogens is 2. The van der Waals surface area contributed by atoms with Crippen LogP contribution in [0.2, 0.25) is 0 Å². The van der Waals surface area contributed by atoms with E-state index in [0.29, 0.717) is 34.9 Å². The zero-order valence-corrected chi connectivity index (χ0v) is 21.8. The number of rotatable bonds is 7. The van der Waals surface area contributed by atoms with Crippen molar-refractivity contribution in [2.75, 3.05) is 5.32 Å². The molecule has 1 amide bonds. The van der Waals surface area contributed by atoms with Crippen LogP contribution in [-0.4, -0.2) is 40.2 Å². The minimum atomic E-state index is -2.73. The summed E-state index contributed by atoms with van der Waals surface area (Å²) in [5.41, 5.74) is 5.74. The van der Waals surface area contributed by atoms with Crippen LogP contribution in [-0.2, 0) is 24.9 Å². The Morgan fingerprint density at radius 3 is 2.50 bits per heavy atom. The van der Waals surface area contributed by atoms with E-state index in [1.54, 1.807) is 31.0 Å². The van der Waals surface area contributed by atoms with Gasteiger partial charge in [0.05, 0.1) is 46.6 Å². The van der Waals surface area contributed by atoms with Gasteiger partial charge in [0, 0.05) is 24.4 Å². The maximum Gasteiger partial charge on any atom is 0.264 e. The summed E-state index contributed by atoms with van der Waals surface area (Å²) in [7, 11) is 1.74. The van der Waals surface area contributed by atoms with Crippen molar-refractivity contribution >= 4 is 22.6 Å². The topological polar surface area (TPSA) is 95.5 Å². The fraction of sp³-hybridized carbons (Fsp3) is 0.296. The maximum absolute atomic E-state index is 14.0. The molecule has 38 heavy (non-hydrogen) atoms. The van der Waals surface area contributed by atoms with Crippen LogP contribution in [0.1, 0.15) is 40.2 Å². The second kappa shape index (κ2) is 9.81. The lowest BCUT2D eigenvalue weighted by Gasteiger charge is -2.09. The van der Waals surface area contributed by atoms with Crippen LogP contribution < -0.4 is 5.32 Å². The molecule has 1 N–H and O–H groups in total. The van der Waals surface area contributed by atoms with Gasteiger partial charge < -0.3 is 5.32 Å². The number of aromatic nitrogens is 7. The number of aryl methyl sites for hydroxylation is 4. The molecule has 0 radical (unpaired) electrons. The molecule has 0 bridgehead atoms. The Balaban J connectivity index is 1.44.